The maximum Gasteiger partial charge on any atom is 0.251 e. The molecule has 8 heteroatoms. The number of ether oxygens (including phenoxy) is 3. The molecule has 29 heavy (non-hydrogen) atoms. The topological polar surface area (TPSA) is 99.9 Å². The highest BCUT2D eigenvalue weighted by atomic mass is 32.1. The number of benzene rings is 1. The lowest BCUT2D eigenvalue weighted by molar-refractivity contribution is -0.115. The van der Waals surface area contributed by atoms with Gasteiger partial charge < -0.3 is 25.3 Å². The van der Waals surface area contributed by atoms with Gasteiger partial charge in [-0.2, -0.15) is 0 Å². The number of thiophene rings is 1. The minimum absolute atomic E-state index is 0.0912. The van der Waals surface area contributed by atoms with Crippen LogP contribution in [0.4, 0.5) is 5.00 Å². The Labute approximate surface area is 174 Å². The summed E-state index contributed by atoms with van der Waals surface area (Å²) in [6.07, 6.45) is 2.83. The van der Waals surface area contributed by atoms with Crippen molar-refractivity contribution in [2.75, 3.05) is 26.6 Å². The van der Waals surface area contributed by atoms with E-state index in [1.807, 2.05) is 0 Å². The zero-order valence-corrected chi connectivity index (χ0v) is 17.9. The summed E-state index contributed by atoms with van der Waals surface area (Å²) < 4.78 is 16.0. The van der Waals surface area contributed by atoms with Crippen molar-refractivity contribution in [1.82, 2.24) is 0 Å². The largest absolute Gasteiger partial charge is 0.493 e. The summed E-state index contributed by atoms with van der Waals surface area (Å²) in [5, 5.41) is 3.42. The number of hydrogen-bond acceptors (Lipinski definition) is 6. The van der Waals surface area contributed by atoms with Crippen LogP contribution in [-0.4, -0.2) is 33.1 Å². The molecule has 1 aliphatic carbocycles. The highest BCUT2D eigenvalue weighted by molar-refractivity contribution is 7.17. The number of nitrogens with two attached hydrogens (primary N) is 1. The molecule has 0 saturated heterocycles. The first-order valence-corrected chi connectivity index (χ1v) is 10.2. The summed E-state index contributed by atoms with van der Waals surface area (Å²) in [6.45, 7) is 2.19. The Hall–Kier alpha value is -2.74. The van der Waals surface area contributed by atoms with E-state index in [2.05, 4.69) is 12.2 Å². The fraction of sp³-hybridized carbons (Fsp3) is 0.429. The summed E-state index contributed by atoms with van der Waals surface area (Å²) >= 11 is 1.45. The summed E-state index contributed by atoms with van der Waals surface area (Å²) in [5.41, 5.74) is 7.77. The van der Waals surface area contributed by atoms with Gasteiger partial charge in [-0.1, -0.05) is 6.92 Å². The van der Waals surface area contributed by atoms with Gasteiger partial charge in [0.15, 0.2) is 11.5 Å². The molecule has 156 valence electrons. The summed E-state index contributed by atoms with van der Waals surface area (Å²) in [6, 6.07) is 3.47. The molecule has 0 bridgehead atoms. The highest BCUT2D eigenvalue weighted by Crippen LogP contribution is 2.40. The second-order valence-electron chi connectivity index (χ2n) is 7.18. The zero-order chi connectivity index (χ0) is 21.1. The van der Waals surface area contributed by atoms with Crippen LogP contribution in [0, 0.1) is 5.92 Å². The quantitative estimate of drug-likeness (QED) is 0.719. The third kappa shape index (κ3) is 4.32. The number of amides is 2. The Balaban J connectivity index is 1.84. The van der Waals surface area contributed by atoms with Crippen LogP contribution < -0.4 is 25.3 Å². The molecule has 2 amide bonds. The van der Waals surface area contributed by atoms with Crippen molar-refractivity contribution in [3.05, 3.63) is 33.7 Å². The van der Waals surface area contributed by atoms with Gasteiger partial charge in [-0.15, -0.1) is 11.3 Å². The molecule has 3 N–H and O–H groups in total. The van der Waals surface area contributed by atoms with E-state index in [0.29, 0.717) is 39.3 Å². The maximum absolute atomic E-state index is 12.7. The molecule has 1 aromatic carbocycles. The van der Waals surface area contributed by atoms with Gasteiger partial charge >= 0.3 is 0 Å². The Morgan fingerprint density at radius 3 is 2.38 bits per heavy atom. The van der Waals surface area contributed by atoms with Gasteiger partial charge in [-0.05, 0) is 48.4 Å². The average molecular weight is 419 g/mol. The van der Waals surface area contributed by atoms with Crippen LogP contribution >= 0.6 is 11.3 Å². The molecule has 1 heterocycles. The molecule has 1 aliphatic rings. The third-order valence-electron chi connectivity index (χ3n) is 5.10. The number of carbonyl (C=O) groups is 2. The number of methoxy groups -OCH3 is 3. The molecular weight excluding hydrogens is 392 g/mol. The molecule has 2 aromatic rings. The monoisotopic (exact) mass is 418 g/mol. The van der Waals surface area contributed by atoms with Crippen LogP contribution in [0.25, 0.3) is 0 Å². The standard InChI is InChI=1S/C21H26N2O5S/c1-11-5-6-13-16(7-11)29-21(18(13)20(22)25)23-17(24)10-12-8-14(26-2)19(28-4)15(9-12)27-3/h8-9,11H,5-7,10H2,1-4H3,(H2,22,25)(H,23,24)/t11-/m1/s1. The molecule has 3 rings (SSSR count). The van der Waals surface area contributed by atoms with Crippen molar-refractivity contribution >= 4 is 28.2 Å². The predicted molar refractivity (Wildman–Crippen MR) is 112 cm³/mol. The second kappa shape index (κ2) is 8.73. The number of primary amides is 1. The molecule has 0 unspecified atom stereocenters. The number of hydrogen-bond donors (Lipinski definition) is 2. The Bertz CT molecular complexity index is 912. The molecule has 1 aromatic heterocycles. The van der Waals surface area contributed by atoms with E-state index in [4.69, 9.17) is 19.9 Å². The van der Waals surface area contributed by atoms with E-state index in [1.165, 1.54) is 32.7 Å². The van der Waals surface area contributed by atoms with Gasteiger partial charge in [0, 0.05) is 4.88 Å². The Morgan fingerprint density at radius 2 is 1.83 bits per heavy atom. The van der Waals surface area contributed by atoms with E-state index in [-0.39, 0.29) is 12.3 Å². The number of carbonyl (C=O) groups excluding carboxylic acids is 2. The van der Waals surface area contributed by atoms with Crippen LogP contribution in [-0.2, 0) is 24.1 Å². The highest BCUT2D eigenvalue weighted by Gasteiger charge is 2.27. The third-order valence-corrected chi connectivity index (χ3v) is 6.27. The smallest absolute Gasteiger partial charge is 0.251 e. The zero-order valence-electron chi connectivity index (χ0n) is 17.1. The normalized spacial score (nSPS) is 15.4. The van der Waals surface area contributed by atoms with Crippen LogP contribution in [0.15, 0.2) is 12.1 Å². The summed E-state index contributed by atoms with van der Waals surface area (Å²) in [4.78, 5) is 25.9. The lowest BCUT2D eigenvalue weighted by atomic mass is 9.88. The van der Waals surface area contributed by atoms with E-state index < -0.39 is 5.91 Å². The number of anilines is 1. The number of nitrogens with one attached hydrogen (secondary N) is 1. The van der Waals surface area contributed by atoms with Crippen LogP contribution in [0.5, 0.6) is 17.2 Å². The van der Waals surface area contributed by atoms with Gasteiger partial charge in [0.25, 0.3) is 5.91 Å². The van der Waals surface area contributed by atoms with Gasteiger partial charge in [0.1, 0.15) is 5.00 Å². The predicted octanol–water partition coefficient (Wildman–Crippen LogP) is 3.18. The lowest BCUT2D eigenvalue weighted by Crippen LogP contribution is -2.20. The van der Waals surface area contributed by atoms with Gasteiger partial charge in [0.2, 0.25) is 11.7 Å². The van der Waals surface area contributed by atoms with Crippen molar-refractivity contribution in [2.24, 2.45) is 11.7 Å². The molecule has 0 aliphatic heterocycles. The Morgan fingerprint density at radius 1 is 1.17 bits per heavy atom. The molecule has 0 saturated carbocycles. The van der Waals surface area contributed by atoms with Crippen molar-refractivity contribution in [3.8, 4) is 17.2 Å². The van der Waals surface area contributed by atoms with E-state index in [0.717, 1.165) is 29.7 Å². The molecular formula is C21H26N2O5S. The van der Waals surface area contributed by atoms with E-state index in [9.17, 15) is 9.59 Å². The lowest BCUT2D eigenvalue weighted by Gasteiger charge is -2.18. The number of fused-ring (bicyclic) bond motifs is 1. The first-order valence-electron chi connectivity index (χ1n) is 9.41. The van der Waals surface area contributed by atoms with Gasteiger partial charge in [0.05, 0.1) is 33.3 Å². The molecule has 1 atom stereocenters. The van der Waals surface area contributed by atoms with Gasteiger partial charge in [-0.25, -0.2) is 0 Å². The van der Waals surface area contributed by atoms with Crippen molar-refractivity contribution in [2.45, 2.75) is 32.6 Å². The first-order chi connectivity index (χ1) is 13.9. The van der Waals surface area contributed by atoms with Crippen molar-refractivity contribution in [1.29, 1.82) is 0 Å². The molecule has 7 nitrogen and oxygen atoms in total. The first kappa shape index (κ1) is 21.0. The summed E-state index contributed by atoms with van der Waals surface area (Å²) in [7, 11) is 4.58. The number of rotatable bonds is 7. The van der Waals surface area contributed by atoms with Crippen LogP contribution in [0.2, 0.25) is 0 Å². The van der Waals surface area contributed by atoms with Crippen LogP contribution in [0.3, 0.4) is 0 Å². The average Bonchev–Trinajstić information content (AvgIpc) is 3.03. The minimum Gasteiger partial charge on any atom is -0.493 e. The Kier molecular flexibility index (Phi) is 6.32. The summed E-state index contributed by atoms with van der Waals surface area (Å²) in [5.74, 6) is 1.24. The van der Waals surface area contributed by atoms with Crippen molar-refractivity contribution in [3.63, 3.8) is 0 Å². The molecule has 0 radical (unpaired) electrons. The second-order valence-corrected chi connectivity index (χ2v) is 8.28. The minimum atomic E-state index is -0.500. The van der Waals surface area contributed by atoms with Gasteiger partial charge in [-0.3, -0.25) is 9.59 Å². The van der Waals surface area contributed by atoms with E-state index >= 15 is 0 Å². The maximum atomic E-state index is 12.7. The van der Waals surface area contributed by atoms with Crippen LogP contribution in [0.1, 0.15) is 39.7 Å². The fourth-order valence-electron chi connectivity index (χ4n) is 3.69. The fourth-order valence-corrected chi connectivity index (χ4v) is 5.13. The molecule has 0 spiro atoms. The van der Waals surface area contributed by atoms with Crippen molar-refractivity contribution < 1.29 is 23.8 Å². The van der Waals surface area contributed by atoms with E-state index in [1.54, 1.807) is 12.1 Å². The molecule has 0 fully saturated rings. The SMILES string of the molecule is COc1cc(CC(=O)Nc2sc3c(c2C(N)=O)CC[C@@H](C)C3)cc(OC)c1OC.